The molecule has 0 fully saturated rings. The van der Waals surface area contributed by atoms with Gasteiger partial charge in [-0.05, 0) is 31.9 Å². The van der Waals surface area contributed by atoms with Gasteiger partial charge in [-0.1, -0.05) is 13.8 Å². The molecule has 0 amide bonds. The Labute approximate surface area is 131 Å². The van der Waals surface area contributed by atoms with Crippen LogP contribution in [0, 0.1) is 13.8 Å². The molecule has 0 radical (unpaired) electrons. The van der Waals surface area contributed by atoms with Gasteiger partial charge in [-0.2, -0.15) is 0 Å². The number of thiophene rings is 1. The number of nitrogens with one attached hydrogen (secondary N) is 2. The summed E-state index contributed by atoms with van der Waals surface area (Å²) in [5.74, 6) is 2.67. The minimum absolute atomic E-state index is 0.812. The zero-order valence-corrected chi connectivity index (χ0v) is 14.1. The normalized spacial score (nSPS) is 10.7. The van der Waals surface area contributed by atoms with Crippen LogP contribution in [-0.2, 0) is 13.0 Å². The van der Waals surface area contributed by atoms with Crippen LogP contribution < -0.4 is 10.6 Å². The van der Waals surface area contributed by atoms with Crippen molar-refractivity contribution < 1.29 is 0 Å². The van der Waals surface area contributed by atoms with Gasteiger partial charge in [-0.15, -0.1) is 11.3 Å². The Morgan fingerprint density at radius 1 is 1.05 bits per heavy atom. The minimum atomic E-state index is 0.812. The summed E-state index contributed by atoms with van der Waals surface area (Å²) in [6.07, 6.45) is 1.93. The molecule has 5 heteroatoms. The highest BCUT2D eigenvalue weighted by molar-refractivity contribution is 7.12. The van der Waals surface area contributed by atoms with Gasteiger partial charge < -0.3 is 10.6 Å². The van der Waals surface area contributed by atoms with Gasteiger partial charge in [0.25, 0.3) is 0 Å². The van der Waals surface area contributed by atoms with E-state index in [1.807, 2.05) is 17.4 Å². The van der Waals surface area contributed by atoms with Gasteiger partial charge in [0.05, 0.1) is 6.54 Å². The molecule has 2 rings (SSSR count). The molecule has 2 aromatic heterocycles. The van der Waals surface area contributed by atoms with Gasteiger partial charge in [-0.25, -0.2) is 9.97 Å². The summed E-state index contributed by atoms with van der Waals surface area (Å²) in [6.45, 7) is 10.3. The lowest BCUT2D eigenvalue weighted by molar-refractivity contribution is 0.914. The minimum Gasteiger partial charge on any atom is -0.370 e. The molecule has 0 bridgehead atoms. The summed E-state index contributed by atoms with van der Waals surface area (Å²) in [4.78, 5) is 11.8. The van der Waals surface area contributed by atoms with Crippen LogP contribution in [0.1, 0.15) is 41.4 Å². The van der Waals surface area contributed by atoms with E-state index in [-0.39, 0.29) is 0 Å². The van der Waals surface area contributed by atoms with Gasteiger partial charge in [0.1, 0.15) is 17.5 Å². The molecule has 0 aliphatic rings. The fraction of sp³-hybridized carbons (Fsp3) is 0.500. The molecule has 21 heavy (non-hydrogen) atoms. The van der Waals surface area contributed by atoms with E-state index in [1.165, 1.54) is 15.3 Å². The highest BCUT2D eigenvalue weighted by Crippen LogP contribution is 2.22. The van der Waals surface area contributed by atoms with Crippen LogP contribution in [0.5, 0.6) is 0 Å². The summed E-state index contributed by atoms with van der Waals surface area (Å²) in [5.41, 5.74) is 1.36. The van der Waals surface area contributed by atoms with Gasteiger partial charge >= 0.3 is 0 Å². The molecule has 0 aromatic carbocycles. The number of hydrogen-bond donors (Lipinski definition) is 2. The first-order valence-electron chi connectivity index (χ1n) is 7.54. The number of anilines is 2. The second-order valence-corrected chi connectivity index (χ2v) is 6.48. The number of aryl methyl sites for hydroxylation is 3. The molecule has 0 aliphatic carbocycles. The summed E-state index contributed by atoms with van der Waals surface area (Å²) >= 11 is 1.84. The maximum atomic E-state index is 4.55. The van der Waals surface area contributed by atoms with E-state index >= 15 is 0 Å². The van der Waals surface area contributed by atoms with Crippen molar-refractivity contribution in [1.29, 1.82) is 0 Å². The van der Waals surface area contributed by atoms with Crippen molar-refractivity contribution in [3.8, 4) is 0 Å². The van der Waals surface area contributed by atoms with E-state index in [9.17, 15) is 0 Å². The standard InChI is InChI=1S/C16H24N4S/c1-5-7-17-15-9-16(20-14(6-2)19-15)18-10-13-8-11(3)12(4)21-13/h8-9H,5-7,10H2,1-4H3,(H2,17,18,19,20). The number of rotatable bonds is 7. The summed E-state index contributed by atoms with van der Waals surface area (Å²) in [7, 11) is 0. The van der Waals surface area contributed by atoms with Crippen LogP contribution in [0.15, 0.2) is 12.1 Å². The lowest BCUT2D eigenvalue weighted by Crippen LogP contribution is -2.08. The molecule has 2 aromatic rings. The van der Waals surface area contributed by atoms with E-state index in [4.69, 9.17) is 0 Å². The molecular formula is C16H24N4S. The average Bonchev–Trinajstić information content (AvgIpc) is 2.81. The zero-order valence-electron chi connectivity index (χ0n) is 13.3. The Balaban J connectivity index is 2.07. The van der Waals surface area contributed by atoms with Crippen molar-refractivity contribution in [1.82, 2.24) is 9.97 Å². The van der Waals surface area contributed by atoms with Crippen LogP contribution >= 0.6 is 11.3 Å². The molecule has 0 aliphatic heterocycles. The van der Waals surface area contributed by atoms with Crippen molar-refractivity contribution in [3.05, 3.63) is 33.3 Å². The van der Waals surface area contributed by atoms with E-state index in [0.29, 0.717) is 0 Å². The predicted molar refractivity (Wildman–Crippen MR) is 91.3 cm³/mol. The highest BCUT2D eigenvalue weighted by Gasteiger charge is 2.05. The van der Waals surface area contributed by atoms with Crippen LogP contribution in [0.2, 0.25) is 0 Å². The first-order valence-corrected chi connectivity index (χ1v) is 8.35. The molecule has 2 heterocycles. The topological polar surface area (TPSA) is 49.8 Å². The van der Waals surface area contributed by atoms with E-state index in [0.717, 1.165) is 43.4 Å². The van der Waals surface area contributed by atoms with Crippen LogP contribution in [-0.4, -0.2) is 16.5 Å². The van der Waals surface area contributed by atoms with Crippen LogP contribution in [0.3, 0.4) is 0 Å². The third-order valence-corrected chi connectivity index (χ3v) is 4.46. The van der Waals surface area contributed by atoms with Crippen LogP contribution in [0.25, 0.3) is 0 Å². The molecule has 0 spiro atoms. The maximum absolute atomic E-state index is 4.55. The SMILES string of the molecule is CCCNc1cc(NCc2cc(C)c(C)s2)nc(CC)n1. The van der Waals surface area contributed by atoms with Gasteiger partial charge in [0.2, 0.25) is 0 Å². The second-order valence-electron chi connectivity index (χ2n) is 5.14. The fourth-order valence-electron chi connectivity index (χ4n) is 2.00. The van der Waals surface area contributed by atoms with Gasteiger partial charge in [0, 0.05) is 28.8 Å². The van der Waals surface area contributed by atoms with E-state index < -0.39 is 0 Å². The summed E-state index contributed by atoms with van der Waals surface area (Å²) < 4.78 is 0. The third kappa shape index (κ3) is 4.43. The Hall–Kier alpha value is -1.62. The number of aromatic nitrogens is 2. The Morgan fingerprint density at radius 3 is 2.33 bits per heavy atom. The van der Waals surface area contributed by atoms with Crippen LogP contribution in [0.4, 0.5) is 11.6 Å². The molecule has 4 nitrogen and oxygen atoms in total. The number of nitrogens with zero attached hydrogens (tertiary/aromatic N) is 2. The van der Waals surface area contributed by atoms with Crippen molar-refractivity contribution >= 4 is 23.0 Å². The van der Waals surface area contributed by atoms with Crippen molar-refractivity contribution in [2.24, 2.45) is 0 Å². The van der Waals surface area contributed by atoms with Crippen molar-refractivity contribution in [2.45, 2.75) is 47.1 Å². The zero-order chi connectivity index (χ0) is 15.2. The predicted octanol–water partition coefficient (Wildman–Crippen LogP) is 4.15. The molecule has 0 unspecified atom stereocenters. The lowest BCUT2D eigenvalue weighted by atomic mass is 10.3. The summed E-state index contributed by atoms with van der Waals surface area (Å²) in [6, 6.07) is 4.23. The Bertz CT molecular complexity index is 572. The molecule has 114 valence electrons. The monoisotopic (exact) mass is 304 g/mol. The molecule has 0 atom stereocenters. The highest BCUT2D eigenvalue weighted by atomic mass is 32.1. The fourth-order valence-corrected chi connectivity index (χ4v) is 3.00. The summed E-state index contributed by atoms with van der Waals surface area (Å²) in [5, 5.41) is 6.74. The smallest absolute Gasteiger partial charge is 0.132 e. The molecule has 0 saturated heterocycles. The first kappa shape index (κ1) is 15.8. The van der Waals surface area contributed by atoms with Crippen molar-refractivity contribution in [3.63, 3.8) is 0 Å². The number of hydrogen-bond acceptors (Lipinski definition) is 5. The molecule has 2 N–H and O–H groups in total. The second kappa shape index (κ2) is 7.41. The third-order valence-electron chi connectivity index (χ3n) is 3.31. The maximum Gasteiger partial charge on any atom is 0.132 e. The first-order chi connectivity index (χ1) is 10.1. The van der Waals surface area contributed by atoms with E-state index in [1.54, 1.807) is 0 Å². The van der Waals surface area contributed by atoms with Crippen molar-refractivity contribution in [2.75, 3.05) is 17.2 Å². The molecule has 0 saturated carbocycles. The largest absolute Gasteiger partial charge is 0.370 e. The van der Waals surface area contributed by atoms with Gasteiger partial charge in [0.15, 0.2) is 0 Å². The average molecular weight is 304 g/mol. The Morgan fingerprint density at radius 2 is 1.76 bits per heavy atom. The Kier molecular flexibility index (Phi) is 5.56. The quantitative estimate of drug-likeness (QED) is 0.806. The molecular weight excluding hydrogens is 280 g/mol. The lowest BCUT2D eigenvalue weighted by Gasteiger charge is -2.10. The van der Waals surface area contributed by atoms with Gasteiger partial charge in [-0.3, -0.25) is 0 Å². The van der Waals surface area contributed by atoms with E-state index in [2.05, 4.69) is 54.4 Å².